The summed E-state index contributed by atoms with van der Waals surface area (Å²) in [7, 11) is -3.90. The van der Waals surface area contributed by atoms with E-state index in [0.29, 0.717) is 37.3 Å². The Hall–Kier alpha value is -2.72. The van der Waals surface area contributed by atoms with Gasteiger partial charge in [0.2, 0.25) is 0 Å². The highest BCUT2D eigenvalue weighted by atomic mass is 32.2. The number of morpholine rings is 1. The average Bonchev–Trinajstić information content (AvgIpc) is 3.13. The van der Waals surface area contributed by atoms with Crippen LogP contribution in [0.2, 0.25) is 0 Å². The summed E-state index contributed by atoms with van der Waals surface area (Å²) in [5.74, 6) is -0.512. The van der Waals surface area contributed by atoms with Crippen LogP contribution in [0, 0.1) is 5.82 Å². The second-order valence-corrected chi connectivity index (χ2v) is 7.43. The molecule has 3 aromatic rings. The molecule has 0 bridgehead atoms. The number of nitrogens with one attached hydrogen (secondary N) is 1. The van der Waals surface area contributed by atoms with Crippen molar-refractivity contribution in [2.24, 2.45) is 0 Å². The molecule has 1 aliphatic rings. The Labute approximate surface area is 148 Å². The van der Waals surface area contributed by atoms with Crippen molar-refractivity contribution in [2.75, 3.05) is 35.9 Å². The molecule has 1 N–H and O–H groups in total. The molecular formula is C16H15FN4O4S. The fourth-order valence-corrected chi connectivity index (χ4v) is 3.88. The van der Waals surface area contributed by atoms with Gasteiger partial charge in [-0.15, -0.1) is 0 Å². The van der Waals surface area contributed by atoms with Gasteiger partial charge in [0.25, 0.3) is 10.0 Å². The molecule has 0 unspecified atom stereocenters. The van der Waals surface area contributed by atoms with Gasteiger partial charge in [0.1, 0.15) is 5.82 Å². The van der Waals surface area contributed by atoms with E-state index in [9.17, 15) is 12.8 Å². The van der Waals surface area contributed by atoms with Crippen LogP contribution in [0.25, 0.3) is 11.0 Å². The quantitative estimate of drug-likeness (QED) is 0.741. The summed E-state index contributed by atoms with van der Waals surface area (Å²) in [4.78, 5) is 2.02. The molecule has 4 rings (SSSR count). The van der Waals surface area contributed by atoms with Crippen LogP contribution in [0.3, 0.4) is 0 Å². The maximum atomic E-state index is 13.0. The first-order valence-corrected chi connectivity index (χ1v) is 9.39. The van der Waals surface area contributed by atoms with Crippen LogP contribution in [0.5, 0.6) is 0 Å². The van der Waals surface area contributed by atoms with Gasteiger partial charge in [-0.05, 0) is 46.7 Å². The van der Waals surface area contributed by atoms with Crippen LogP contribution in [-0.4, -0.2) is 45.0 Å². The molecule has 0 saturated carbocycles. The Kier molecular flexibility index (Phi) is 4.21. The third kappa shape index (κ3) is 3.08. The van der Waals surface area contributed by atoms with Gasteiger partial charge in [-0.2, -0.15) is 0 Å². The number of ether oxygens (including phenoxy) is 1. The molecule has 0 aliphatic carbocycles. The van der Waals surface area contributed by atoms with Crippen LogP contribution in [0.15, 0.2) is 45.9 Å². The SMILES string of the molecule is O=S(=O)(Nc1ccc(N2CCOCC2)c2nonc12)c1ccc(F)cc1. The number of nitrogens with zero attached hydrogens (tertiary/aromatic N) is 3. The molecule has 0 radical (unpaired) electrons. The summed E-state index contributed by atoms with van der Waals surface area (Å²) < 4.78 is 50.7. The Morgan fingerprint density at radius 1 is 1.00 bits per heavy atom. The summed E-state index contributed by atoms with van der Waals surface area (Å²) in [5, 5.41) is 7.75. The van der Waals surface area contributed by atoms with Crippen LogP contribution in [0.4, 0.5) is 15.8 Å². The van der Waals surface area contributed by atoms with Gasteiger partial charge in [0, 0.05) is 13.1 Å². The number of anilines is 2. The molecule has 0 atom stereocenters. The van der Waals surface area contributed by atoms with E-state index in [1.54, 1.807) is 12.1 Å². The maximum absolute atomic E-state index is 13.0. The largest absolute Gasteiger partial charge is 0.378 e. The summed E-state index contributed by atoms with van der Waals surface area (Å²) in [6.07, 6.45) is 0. The third-order valence-electron chi connectivity index (χ3n) is 4.11. The van der Waals surface area contributed by atoms with Crippen LogP contribution >= 0.6 is 0 Å². The van der Waals surface area contributed by atoms with E-state index in [0.717, 1.165) is 17.8 Å². The molecule has 0 amide bonds. The van der Waals surface area contributed by atoms with Gasteiger partial charge in [-0.3, -0.25) is 4.72 Å². The predicted molar refractivity (Wildman–Crippen MR) is 92.0 cm³/mol. The Balaban J connectivity index is 1.69. The van der Waals surface area contributed by atoms with Crippen molar-refractivity contribution < 1.29 is 22.2 Å². The lowest BCUT2D eigenvalue weighted by Gasteiger charge is -2.28. The highest BCUT2D eigenvalue weighted by Gasteiger charge is 2.22. The molecule has 8 nitrogen and oxygen atoms in total. The summed E-state index contributed by atoms with van der Waals surface area (Å²) in [6.45, 7) is 2.60. The first-order valence-electron chi connectivity index (χ1n) is 7.91. The minimum atomic E-state index is -3.90. The number of hydrogen-bond acceptors (Lipinski definition) is 7. The van der Waals surface area contributed by atoms with E-state index in [1.807, 2.05) is 0 Å². The molecule has 1 fully saturated rings. The number of halogens is 1. The van der Waals surface area contributed by atoms with Gasteiger partial charge in [-0.25, -0.2) is 17.4 Å². The zero-order chi connectivity index (χ0) is 18.1. The predicted octanol–water partition coefficient (Wildman–Crippen LogP) is 2.00. The van der Waals surface area contributed by atoms with Crippen molar-refractivity contribution in [2.45, 2.75) is 4.90 Å². The number of hydrogen-bond donors (Lipinski definition) is 1. The second-order valence-electron chi connectivity index (χ2n) is 5.75. The zero-order valence-electron chi connectivity index (χ0n) is 13.6. The summed E-state index contributed by atoms with van der Waals surface area (Å²) in [5.41, 5.74) is 1.81. The molecule has 2 heterocycles. The molecule has 0 spiro atoms. The minimum Gasteiger partial charge on any atom is -0.378 e. The molecule has 26 heavy (non-hydrogen) atoms. The van der Waals surface area contributed by atoms with Gasteiger partial charge >= 0.3 is 0 Å². The van der Waals surface area contributed by atoms with Gasteiger partial charge in [-0.1, -0.05) is 0 Å². The minimum absolute atomic E-state index is 0.0549. The van der Waals surface area contributed by atoms with E-state index in [2.05, 4.69) is 19.9 Å². The van der Waals surface area contributed by atoms with Gasteiger partial charge in [0.15, 0.2) is 11.0 Å². The number of rotatable bonds is 4. The molecule has 1 saturated heterocycles. The highest BCUT2D eigenvalue weighted by Crippen LogP contribution is 2.31. The molecule has 1 aromatic heterocycles. The second kappa shape index (κ2) is 6.54. The normalized spacial score (nSPS) is 15.3. The van der Waals surface area contributed by atoms with Crippen molar-refractivity contribution in [3.05, 3.63) is 42.2 Å². The fraction of sp³-hybridized carbons (Fsp3) is 0.250. The van der Waals surface area contributed by atoms with E-state index >= 15 is 0 Å². The molecule has 2 aromatic carbocycles. The summed E-state index contributed by atoms with van der Waals surface area (Å²) in [6, 6.07) is 7.93. The van der Waals surface area contributed by atoms with Crippen molar-refractivity contribution in [1.82, 2.24) is 10.3 Å². The van der Waals surface area contributed by atoms with Crippen molar-refractivity contribution in [3.8, 4) is 0 Å². The first kappa shape index (κ1) is 16.7. The number of aromatic nitrogens is 2. The third-order valence-corrected chi connectivity index (χ3v) is 5.50. The van der Waals surface area contributed by atoms with E-state index in [4.69, 9.17) is 9.37 Å². The van der Waals surface area contributed by atoms with Gasteiger partial charge < -0.3 is 9.64 Å². The Bertz CT molecular complexity index is 1030. The van der Waals surface area contributed by atoms with Crippen molar-refractivity contribution >= 4 is 32.4 Å². The van der Waals surface area contributed by atoms with Gasteiger partial charge in [0.05, 0.1) is 29.5 Å². The smallest absolute Gasteiger partial charge is 0.261 e. The Morgan fingerprint density at radius 3 is 2.42 bits per heavy atom. The molecule has 10 heteroatoms. The number of benzene rings is 2. The summed E-state index contributed by atoms with van der Waals surface area (Å²) >= 11 is 0. The van der Waals surface area contributed by atoms with Crippen LogP contribution in [0.1, 0.15) is 0 Å². The lowest BCUT2D eigenvalue weighted by atomic mass is 10.2. The monoisotopic (exact) mass is 378 g/mol. The molecular weight excluding hydrogens is 363 g/mol. The standard InChI is InChI=1S/C16H15FN4O4S/c17-11-1-3-12(4-2-11)26(22,23)20-13-5-6-14(16-15(13)18-25-19-16)21-7-9-24-10-8-21/h1-6,20H,7-10H2. The van der Waals surface area contributed by atoms with Crippen LogP contribution in [-0.2, 0) is 14.8 Å². The van der Waals surface area contributed by atoms with Crippen molar-refractivity contribution in [3.63, 3.8) is 0 Å². The fourth-order valence-electron chi connectivity index (χ4n) is 2.81. The van der Waals surface area contributed by atoms with Crippen LogP contribution < -0.4 is 9.62 Å². The van der Waals surface area contributed by atoms with E-state index < -0.39 is 15.8 Å². The maximum Gasteiger partial charge on any atom is 0.261 e. The van der Waals surface area contributed by atoms with E-state index in [-0.39, 0.29) is 10.6 Å². The average molecular weight is 378 g/mol. The Morgan fingerprint density at radius 2 is 1.69 bits per heavy atom. The highest BCUT2D eigenvalue weighted by molar-refractivity contribution is 7.92. The lowest BCUT2D eigenvalue weighted by molar-refractivity contribution is 0.123. The number of sulfonamides is 1. The number of fused-ring (bicyclic) bond motifs is 1. The lowest BCUT2D eigenvalue weighted by Crippen LogP contribution is -2.36. The first-order chi connectivity index (χ1) is 12.5. The van der Waals surface area contributed by atoms with Crippen molar-refractivity contribution in [1.29, 1.82) is 0 Å². The molecule has 1 aliphatic heterocycles. The van der Waals surface area contributed by atoms with E-state index in [1.165, 1.54) is 12.1 Å². The zero-order valence-corrected chi connectivity index (χ0v) is 14.4. The molecule has 136 valence electrons. The topological polar surface area (TPSA) is 97.6 Å².